The minimum atomic E-state index is -0.927. The van der Waals surface area contributed by atoms with Crippen molar-refractivity contribution in [1.29, 1.82) is 0 Å². The molecule has 5 heteroatoms. The SMILES string of the molecule is N[C@H](c1ccccc1)[C@H](NC(=O)C1(NC(=O)c2ccccc2)C2CC3CC(C2)CC1C3)c1ccccc1. The third-order valence-corrected chi connectivity index (χ3v) is 9.15. The van der Waals surface area contributed by atoms with Gasteiger partial charge >= 0.3 is 0 Å². The topological polar surface area (TPSA) is 84.2 Å². The number of carbonyl (C=O) groups excluding carboxylic acids is 2. The van der Waals surface area contributed by atoms with Crippen molar-refractivity contribution in [3.05, 3.63) is 108 Å². The van der Waals surface area contributed by atoms with Crippen LogP contribution >= 0.6 is 0 Å². The van der Waals surface area contributed by atoms with Crippen molar-refractivity contribution in [3.63, 3.8) is 0 Å². The van der Waals surface area contributed by atoms with Gasteiger partial charge in [0, 0.05) is 5.56 Å². The Bertz CT molecular complexity index is 1220. The first-order chi connectivity index (χ1) is 18.0. The van der Waals surface area contributed by atoms with Gasteiger partial charge in [-0.1, -0.05) is 78.9 Å². The van der Waals surface area contributed by atoms with Gasteiger partial charge in [-0.3, -0.25) is 9.59 Å². The minimum absolute atomic E-state index is 0.0918. The number of hydrogen-bond acceptors (Lipinski definition) is 3. The summed E-state index contributed by atoms with van der Waals surface area (Å²) in [6, 6.07) is 28.3. The van der Waals surface area contributed by atoms with Crippen LogP contribution in [0.15, 0.2) is 91.0 Å². The third-order valence-electron chi connectivity index (χ3n) is 9.15. The first-order valence-electron chi connectivity index (χ1n) is 13.6. The molecule has 4 aliphatic rings. The lowest BCUT2D eigenvalue weighted by Gasteiger charge is -2.60. The van der Waals surface area contributed by atoms with E-state index in [-0.39, 0.29) is 23.7 Å². The molecular formula is C32H35N3O2. The second-order valence-electron chi connectivity index (χ2n) is 11.3. The van der Waals surface area contributed by atoms with Crippen molar-refractivity contribution in [2.75, 3.05) is 0 Å². The fourth-order valence-corrected chi connectivity index (χ4v) is 7.58. The van der Waals surface area contributed by atoms with Gasteiger partial charge in [-0.05, 0) is 79.0 Å². The van der Waals surface area contributed by atoms with Gasteiger partial charge in [0.1, 0.15) is 5.54 Å². The predicted octanol–water partition coefficient (Wildman–Crippen LogP) is 5.17. The number of amides is 2. The van der Waals surface area contributed by atoms with Crippen molar-refractivity contribution >= 4 is 11.8 Å². The van der Waals surface area contributed by atoms with Crippen LogP contribution in [0.5, 0.6) is 0 Å². The van der Waals surface area contributed by atoms with E-state index in [1.807, 2.05) is 91.0 Å². The normalized spacial score (nSPS) is 29.3. The van der Waals surface area contributed by atoms with Gasteiger partial charge in [-0.15, -0.1) is 0 Å². The van der Waals surface area contributed by atoms with E-state index in [9.17, 15) is 9.59 Å². The van der Waals surface area contributed by atoms with E-state index >= 15 is 0 Å². The van der Waals surface area contributed by atoms with Gasteiger partial charge in [0.05, 0.1) is 12.1 Å². The molecule has 2 atom stereocenters. The zero-order chi connectivity index (χ0) is 25.4. The summed E-state index contributed by atoms with van der Waals surface area (Å²) in [4.78, 5) is 28.1. The van der Waals surface area contributed by atoms with Gasteiger partial charge < -0.3 is 16.4 Å². The maximum Gasteiger partial charge on any atom is 0.252 e. The Labute approximate surface area is 218 Å². The standard InChI is InChI=1S/C32H35N3O2/c33-28(23-10-4-1-5-11-23)29(24-12-6-2-7-13-24)34-31(37)32(35-30(36)25-14-8-3-9-15-25)26-17-21-16-22(19-26)20-27(32)18-21/h1-15,21-22,26-29H,16-20,33H2,(H,34,37)(H,35,36)/t21?,22?,26?,27?,28-,29-,32?/m1/s1. The Balaban J connectivity index is 1.36. The maximum atomic E-state index is 14.6. The van der Waals surface area contributed by atoms with Crippen molar-refractivity contribution in [2.24, 2.45) is 29.4 Å². The Kier molecular flexibility index (Phi) is 6.33. The highest BCUT2D eigenvalue weighted by atomic mass is 16.2. The second-order valence-corrected chi connectivity index (χ2v) is 11.3. The first-order valence-corrected chi connectivity index (χ1v) is 13.6. The molecule has 3 aromatic carbocycles. The lowest BCUT2D eigenvalue weighted by atomic mass is 9.48. The highest BCUT2D eigenvalue weighted by Crippen LogP contribution is 2.58. The Morgan fingerprint density at radius 3 is 1.73 bits per heavy atom. The molecule has 4 aliphatic carbocycles. The highest BCUT2D eigenvalue weighted by molar-refractivity contribution is 6.00. The van der Waals surface area contributed by atoms with Crippen LogP contribution in [0.25, 0.3) is 0 Å². The molecule has 4 fully saturated rings. The number of rotatable bonds is 7. The molecule has 2 amide bonds. The lowest BCUT2D eigenvalue weighted by molar-refractivity contribution is -0.146. The number of carbonyl (C=O) groups is 2. The molecule has 0 aliphatic heterocycles. The van der Waals surface area contributed by atoms with E-state index in [1.54, 1.807) is 0 Å². The van der Waals surface area contributed by atoms with Gasteiger partial charge in [0.25, 0.3) is 5.91 Å². The summed E-state index contributed by atoms with van der Waals surface area (Å²) >= 11 is 0. The zero-order valence-electron chi connectivity index (χ0n) is 21.1. The fraction of sp³-hybridized carbons (Fsp3) is 0.375. The van der Waals surface area contributed by atoms with E-state index in [0.29, 0.717) is 17.4 Å². The molecule has 4 bridgehead atoms. The first kappa shape index (κ1) is 23.9. The maximum absolute atomic E-state index is 14.6. The monoisotopic (exact) mass is 493 g/mol. The van der Waals surface area contributed by atoms with Gasteiger partial charge in [-0.2, -0.15) is 0 Å². The van der Waals surface area contributed by atoms with Crippen molar-refractivity contribution in [3.8, 4) is 0 Å². The van der Waals surface area contributed by atoms with Crippen LogP contribution in [-0.2, 0) is 4.79 Å². The van der Waals surface area contributed by atoms with E-state index < -0.39 is 17.6 Å². The summed E-state index contributed by atoms with van der Waals surface area (Å²) in [6.07, 6.45) is 5.25. The van der Waals surface area contributed by atoms with E-state index in [0.717, 1.165) is 36.8 Å². The van der Waals surface area contributed by atoms with Crippen LogP contribution in [0.4, 0.5) is 0 Å². The van der Waals surface area contributed by atoms with E-state index in [1.165, 1.54) is 6.42 Å². The number of nitrogens with one attached hydrogen (secondary N) is 2. The summed E-state index contributed by atoms with van der Waals surface area (Å²) in [5.41, 5.74) is 8.41. The Morgan fingerprint density at radius 2 is 1.19 bits per heavy atom. The molecule has 3 aromatic rings. The largest absolute Gasteiger partial charge is 0.345 e. The Hall–Kier alpha value is -3.44. The summed E-state index contributed by atoms with van der Waals surface area (Å²) in [5, 5.41) is 6.71. The predicted molar refractivity (Wildman–Crippen MR) is 144 cm³/mol. The van der Waals surface area contributed by atoms with Crippen molar-refractivity contribution in [2.45, 2.75) is 49.7 Å². The van der Waals surface area contributed by atoms with Crippen LogP contribution < -0.4 is 16.4 Å². The van der Waals surface area contributed by atoms with Crippen LogP contribution in [0.1, 0.15) is 65.7 Å². The molecule has 7 rings (SSSR count). The van der Waals surface area contributed by atoms with Crippen LogP contribution in [0, 0.1) is 23.7 Å². The zero-order valence-corrected chi connectivity index (χ0v) is 21.1. The van der Waals surface area contributed by atoms with Gasteiger partial charge in [0.2, 0.25) is 5.91 Å². The summed E-state index contributed by atoms with van der Waals surface area (Å²) in [5.74, 6) is 1.33. The highest BCUT2D eigenvalue weighted by Gasteiger charge is 2.62. The molecule has 0 saturated heterocycles. The summed E-state index contributed by atoms with van der Waals surface area (Å²) in [6.45, 7) is 0. The smallest absolute Gasteiger partial charge is 0.252 e. The quantitative estimate of drug-likeness (QED) is 0.425. The summed E-state index contributed by atoms with van der Waals surface area (Å²) in [7, 11) is 0. The van der Waals surface area contributed by atoms with Gasteiger partial charge in [-0.25, -0.2) is 0 Å². The van der Waals surface area contributed by atoms with Crippen LogP contribution in [0.3, 0.4) is 0 Å². The number of nitrogens with two attached hydrogens (primary N) is 1. The summed E-state index contributed by atoms with van der Waals surface area (Å²) < 4.78 is 0. The van der Waals surface area contributed by atoms with E-state index in [2.05, 4.69) is 10.6 Å². The molecule has 37 heavy (non-hydrogen) atoms. The molecule has 0 aromatic heterocycles. The number of benzene rings is 3. The molecule has 0 unspecified atom stereocenters. The average Bonchev–Trinajstić information content (AvgIpc) is 2.94. The van der Waals surface area contributed by atoms with Crippen LogP contribution in [-0.4, -0.2) is 17.4 Å². The lowest BCUT2D eigenvalue weighted by Crippen LogP contribution is -2.72. The van der Waals surface area contributed by atoms with Crippen molar-refractivity contribution < 1.29 is 9.59 Å². The number of hydrogen-bond donors (Lipinski definition) is 3. The Morgan fingerprint density at radius 1 is 0.703 bits per heavy atom. The fourth-order valence-electron chi connectivity index (χ4n) is 7.58. The molecular weight excluding hydrogens is 458 g/mol. The average molecular weight is 494 g/mol. The molecule has 190 valence electrons. The molecule has 5 nitrogen and oxygen atoms in total. The van der Waals surface area contributed by atoms with E-state index in [4.69, 9.17) is 5.73 Å². The minimum Gasteiger partial charge on any atom is -0.345 e. The molecule has 0 heterocycles. The third kappa shape index (κ3) is 4.36. The van der Waals surface area contributed by atoms with Crippen molar-refractivity contribution in [1.82, 2.24) is 10.6 Å². The van der Waals surface area contributed by atoms with Crippen LogP contribution in [0.2, 0.25) is 0 Å². The second kappa shape index (κ2) is 9.79. The molecule has 4 N–H and O–H groups in total. The molecule has 0 radical (unpaired) electrons. The van der Waals surface area contributed by atoms with Gasteiger partial charge in [0.15, 0.2) is 0 Å². The molecule has 4 saturated carbocycles. The molecule has 0 spiro atoms.